The highest BCUT2D eigenvalue weighted by Gasteiger charge is 2.17. The van der Waals surface area contributed by atoms with Gasteiger partial charge in [-0.05, 0) is 129 Å². The Hall–Kier alpha value is -7.18. The summed E-state index contributed by atoms with van der Waals surface area (Å²) in [7, 11) is 0. The van der Waals surface area contributed by atoms with Gasteiger partial charge in [-0.15, -0.1) is 0 Å². The van der Waals surface area contributed by atoms with E-state index >= 15 is 0 Å². The van der Waals surface area contributed by atoms with Crippen LogP contribution in [0.2, 0.25) is 10.0 Å². The summed E-state index contributed by atoms with van der Waals surface area (Å²) in [5.41, 5.74) is 5.70. The topological polar surface area (TPSA) is 213 Å². The first kappa shape index (κ1) is 65.6. The van der Waals surface area contributed by atoms with Gasteiger partial charge in [0, 0.05) is 86.3 Å². The van der Waals surface area contributed by atoms with Crippen LogP contribution in [0.25, 0.3) is 0 Å². The van der Waals surface area contributed by atoms with Crippen molar-refractivity contribution in [2.45, 2.75) is 104 Å². The van der Waals surface area contributed by atoms with E-state index < -0.39 is 11.6 Å². The fourth-order valence-corrected chi connectivity index (χ4v) is 8.06. The van der Waals surface area contributed by atoms with Crippen LogP contribution in [-0.4, -0.2) is 109 Å². The number of carbonyl (C=O) groups is 6. The molecule has 18 heteroatoms. The first-order valence-electron chi connectivity index (χ1n) is 27.1. The lowest BCUT2D eigenvalue weighted by molar-refractivity contribution is -0.156. The predicted octanol–water partition coefficient (Wildman–Crippen LogP) is 12.6. The number of aromatic nitrogens is 2. The van der Waals surface area contributed by atoms with Crippen molar-refractivity contribution in [2.24, 2.45) is 0 Å². The van der Waals surface area contributed by atoms with Gasteiger partial charge in [0.15, 0.2) is 11.6 Å². The number of aliphatic carboxylic acids is 1. The molecule has 0 amide bonds. The van der Waals surface area contributed by atoms with E-state index in [1.54, 1.807) is 54.7 Å². The van der Waals surface area contributed by atoms with Crippen molar-refractivity contribution in [1.29, 1.82) is 0 Å². The molecule has 2 aromatic heterocycles. The van der Waals surface area contributed by atoms with Crippen LogP contribution in [0.15, 0.2) is 122 Å². The van der Waals surface area contributed by atoms with E-state index in [1.807, 2.05) is 95.3 Å². The molecule has 0 fully saturated rings. The molecule has 0 bridgehead atoms. The minimum absolute atomic E-state index is 0.0395. The summed E-state index contributed by atoms with van der Waals surface area (Å²) in [6.07, 6.45) is 6.18. The molecule has 0 atom stereocenters. The van der Waals surface area contributed by atoms with Crippen molar-refractivity contribution in [3.05, 3.63) is 176 Å². The standard InChI is InChI=1S/C34H40ClNO7.C30H32ClNO7/c1-24-20-26(9-12-30(24)35)22-27(37)21-25-7-10-28(11-8-25)42-29-13-15-36-31(23-29)32(38)6-5-16-40-18-19-41-17-14-33(39)43-34(2,3)4;1-21-17-23(6-9-27(21)31)19-24(33)18-22-4-7-25(8-5-22)39-26-10-12-32-28(20-26)29(34)3-2-13-37-15-16-38-14-11-30(35)36/h7-13,15,20,23H,5-6,14,16-19,21-22H2,1-4H3;4-10,12,17,20H,2-3,11,13-16,18-19H2,1H3,(H,35,36). The number of aryl methyl sites for hydroxylation is 2. The SMILES string of the molecule is Cc1cc(CC(=O)Cc2ccc(Oc3ccnc(C(=O)CCCOCCOCCC(=O)O)c3)cc2)ccc1Cl.Cc1cc(CC(=O)Cc2ccc(Oc3ccnc(C(=O)CCCOCCOCCC(=O)OC(C)(C)C)c3)cc2)ccc1Cl. The van der Waals surface area contributed by atoms with Gasteiger partial charge in [0.05, 0.1) is 52.5 Å². The number of ketones is 4. The molecule has 0 aliphatic carbocycles. The molecule has 82 heavy (non-hydrogen) atoms. The third-order valence-corrected chi connectivity index (χ3v) is 12.7. The summed E-state index contributed by atoms with van der Waals surface area (Å²) < 4.78 is 38.5. The van der Waals surface area contributed by atoms with Gasteiger partial charge < -0.3 is 38.3 Å². The van der Waals surface area contributed by atoms with E-state index in [-0.39, 0.29) is 68.0 Å². The smallest absolute Gasteiger partial charge is 0.308 e. The Morgan fingerprint density at radius 3 is 1.22 bits per heavy atom. The molecule has 0 saturated carbocycles. The normalized spacial score (nSPS) is 11.1. The fraction of sp³-hybridized carbons (Fsp3) is 0.375. The fourth-order valence-electron chi connectivity index (χ4n) is 7.82. The molecule has 0 radical (unpaired) electrons. The van der Waals surface area contributed by atoms with Crippen LogP contribution in [0.3, 0.4) is 0 Å². The number of hydrogen-bond donors (Lipinski definition) is 1. The predicted molar refractivity (Wildman–Crippen MR) is 312 cm³/mol. The molecule has 6 aromatic rings. The minimum atomic E-state index is -0.903. The molecule has 436 valence electrons. The highest BCUT2D eigenvalue weighted by Crippen LogP contribution is 2.26. The third kappa shape index (κ3) is 26.2. The van der Waals surface area contributed by atoms with Crippen molar-refractivity contribution in [1.82, 2.24) is 9.97 Å². The Labute approximate surface area is 489 Å². The molecular weight excluding hydrogens is 1090 g/mol. The molecule has 6 rings (SSSR count). The number of esters is 1. The van der Waals surface area contributed by atoms with Crippen LogP contribution in [-0.2, 0) is 68.5 Å². The maximum Gasteiger partial charge on any atom is 0.308 e. The van der Waals surface area contributed by atoms with Crippen LogP contribution in [0.4, 0.5) is 0 Å². The summed E-state index contributed by atoms with van der Waals surface area (Å²) >= 11 is 12.1. The number of Topliss-reactive ketones (excluding diaryl/α,β-unsaturated/α-hetero) is 4. The van der Waals surface area contributed by atoms with Gasteiger partial charge in [0.25, 0.3) is 0 Å². The molecule has 0 aliphatic heterocycles. The molecule has 0 unspecified atom stereocenters. The molecule has 0 aliphatic rings. The lowest BCUT2D eigenvalue weighted by Crippen LogP contribution is -2.24. The second kappa shape index (κ2) is 35.0. The number of rotatable bonds is 34. The van der Waals surface area contributed by atoms with Gasteiger partial charge in [-0.3, -0.25) is 38.7 Å². The quantitative estimate of drug-likeness (QED) is 0.0226. The number of nitrogens with zero attached hydrogens (tertiary/aromatic N) is 2. The molecule has 0 spiro atoms. The number of carbonyl (C=O) groups excluding carboxylic acids is 5. The van der Waals surface area contributed by atoms with Crippen LogP contribution < -0.4 is 9.47 Å². The van der Waals surface area contributed by atoms with Crippen molar-refractivity contribution in [3.63, 3.8) is 0 Å². The summed E-state index contributed by atoms with van der Waals surface area (Å²) in [5.74, 6) is 0.972. The molecule has 16 nitrogen and oxygen atoms in total. The zero-order valence-electron chi connectivity index (χ0n) is 47.2. The largest absolute Gasteiger partial charge is 0.481 e. The number of pyridine rings is 2. The van der Waals surface area contributed by atoms with E-state index in [9.17, 15) is 28.8 Å². The second-order valence-electron chi connectivity index (χ2n) is 20.2. The Bertz CT molecular complexity index is 3030. The van der Waals surface area contributed by atoms with Gasteiger partial charge >= 0.3 is 11.9 Å². The van der Waals surface area contributed by atoms with Gasteiger partial charge in [0.1, 0.15) is 51.6 Å². The zero-order valence-corrected chi connectivity index (χ0v) is 48.7. The molecule has 1 N–H and O–H groups in total. The average Bonchev–Trinajstić information content (AvgIpc) is 3.50. The van der Waals surface area contributed by atoms with Crippen LogP contribution in [0, 0.1) is 13.8 Å². The number of ether oxygens (including phenoxy) is 7. The van der Waals surface area contributed by atoms with Crippen molar-refractivity contribution >= 4 is 58.3 Å². The highest BCUT2D eigenvalue weighted by atomic mass is 35.5. The average molecular weight is 1160 g/mol. The van der Waals surface area contributed by atoms with Crippen molar-refractivity contribution in [2.75, 3.05) is 52.9 Å². The first-order chi connectivity index (χ1) is 39.3. The number of carboxylic acids is 1. The molecule has 4 aromatic carbocycles. The summed E-state index contributed by atoms with van der Waals surface area (Å²) in [4.78, 5) is 80.6. The maximum atomic E-state index is 12.6. The van der Waals surface area contributed by atoms with Gasteiger partial charge in [-0.2, -0.15) is 0 Å². The van der Waals surface area contributed by atoms with E-state index in [4.69, 9.17) is 61.5 Å². The summed E-state index contributed by atoms with van der Waals surface area (Å²) in [6, 6.07) is 32.4. The molecule has 2 heterocycles. The second-order valence-corrected chi connectivity index (χ2v) is 21.0. The number of benzene rings is 4. The monoisotopic (exact) mass is 1160 g/mol. The maximum absolute atomic E-state index is 12.6. The Morgan fingerprint density at radius 1 is 0.451 bits per heavy atom. The van der Waals surface area contributed by atoms with Crippen LogP contribution >= 0.6 is 23.2 Å². The van der Waals surface area contributed by atoms with Crippen LogP contribution in [0.5, 0.6) is 23.0 Å². The van der Waals surface area contributed by atoms with E-state index in [0.29, 0.717) is 123 Å². The van der Waals surface area contributed by atoms with E-state index in [0.717, 1.165) is 33.4 Å². The number of hydrogen-bond acceptors (Lipinski definition) is 15. The number of halogens is 2. The first-order valence-corrected chi connectivity index (χ1v) is 27.8. The Kier molecular flexibility index (Phi) is 28.0. The highest BCUT2D eigenvalue weighted by molar-refractivity contribution is 6.31. The van der Waals surface area contributed by atoms with Crippen molar-refractivity contribution in [3.8, 4) is 23.0 Å². The van der Waals surface area contributed by atoms with Gasteiger partial charge in [-0.25, -0.2) is 0 Å². The molecular formula is C64H72Cl2N2O14. The lowest BCUT2D eigenvalue weighted by atomic mass is 10.0. The van der Waals surface area contributed by atoms with Crippen LogP contribution in [0.1, 0.15) is 114 Å². The number of carboxylic acid groups (broad SMARTS) is 1. The Balaban J connectivity index is 0.000000302. The zero-order chi connectivity index (χ0) is 59.3. The van der Waals surface area contributed by atoms with Gasteiger partial charge in [-0.1, -0.05) is 71.7 Å². The lowest BCUT2D eigenvalue weighted by Gasteiger charge is -2.19. The summed E-state index contributed by atoms with van der Waals surface area (Å²) in [5, 5.41) is 9.92. The van der Waals surface area contributed by atoms with E-state index in [1.165, 1.54) is 6.20 Å². The minimum Gasteiger partial charge on any atom is -0.481 e. The Morgan fingerprint density at radius 2 is 0.829 bits per heavy atom. The molecule has 0 saturated heterocycles. The van der Waals surface area contributed by atoms with Crippen molar-refractivity contribution < 1.29 is 67.0 Å². The van der Waals surface area contributed by atoms with Gasteiger partial charge in [0.2, 0.25) is 0 Å². The summed E-state index contributed by atoms with van der Waals surface area (Å²) in [6.45, 7) is 11.9. The third-order valence-electron chi connectivity index (χ3n) is 11.9. The van der Waals surface area contributed by atoms with E-state index in [2.05, 4.69) is 9.97 Å².